The molecule has 1 heterocycles. The van der Waals surface area contributed by atoms with Crippen LogP contribution in [0.1, 0.15) is 31.3 Å². The summed E-state index contributed by atoms with van der Waals surface area (Å²) in [6.45, 7) is 5.26. The molecule has 15 heavy (non-hydrogen) atoms. The highest BCUT2D eigenvalue weighted by atomic mass is 16.6. The van der Waals surface area contributed by atoms with E-state index in [4.69, 9.17) is 4.74 Å². The second-order valence-corrected chi connectivity index (χ2v) is 3.94. The molecule has 0 unspecified atom stereocenters. The van der Waals surface area contributed by atoms with Crippen molar-refractivity contribution < 1.29 is 14.3 Å². The largest absolute Gasteiger partial charge is 0.444 e. The van der Waals surface area contributed by atoms with E-state index in [-0.39, 0.29) is 5.69 Å². The molecule has 0 fully saturated rings. The Morgan fingerprint density at radius 3 is 2.80 bits per heavy atom. The molecular weight excluding hydrogens is 198 g/mol. The number of carbonyl (C=O) groups is 2. The van der Waals surface area contributed by atoms with E-state index >= 15 is 0 Å². The Kier molecular flexibility index (Phi) is 3.08. The number of anilines is 1. The van der Waals surface area contributed by atoms with Crippen molar-refractivity contribution in [2.45, 2.75) is 26.4 Å². The minimum atomic E-state index is -0.619. The van der Waals surface area contributed by atoms with Crippen molar-refractivity contribution in [3.8, 4) is 0 Å². The summed E-state index contributed by atoms with van der Waals surface area (Å²) in [5.41, 5.74) is -0.0603. The number of nitrogens with one attached hydrogen (secondary N) is 2. The first kappa shape index (κ1) is 11.2. The van der Waals surface area contributed by atoms with Crippen LogP contribution >= 0.6 is 0 Å². The molecule has 6 heteroatoms. The van der Waals surface area contributed by atoms with Gasteiger partial charge in [0.25, 0.3) is 0 Å². The number of aromatic amines is 1. The van der Waals surface area contributed by atoms with Gasteiger partial charge in [0.05, 0.1) is 11.9 Å². The van der Waals surface area contributed by atoms with Crippen LogP contribution in [-0.2, 0) is 4.74 Å². The Labute approximate surface area is 87.0 Å². The number of carbonyl (C=O) groups excluding carboxylic acids is 2. The summed E-state index contributed by atoms with van der Waals surface area (Å²) < 4.78 is 5.00. The molecule has 0 saturated carbocycles. The fourth-order valence-electron chi connectivity index (χ4n) is 0.899. The number of amides is 1. The molecule has 0 aromatic carbocycles. The predicted molar refractivity (Wildman–Crippen MR) is 53.8 cm³/mol. The SMILES string of the molecule is CC(C)(C)OC(=O)Nc1cn[nH]c1C=O. The third-order valence-electron chi connectivity index (χ3n) is 1.42. The maximum absolute atomic E-state index is 11.3. The molecule has 1 amide bonds. The van der Waals surface area contributed by atoms with E-state index in [0.717, 1.165) is 0 Å². The average molecular weight is 211 g/mol. The minimum absolute atomic E-state index is 0.209. The zero-order valence-electron chi connectivity index (χ0n) is 8.83. The van der Waals surface area contributed by atoms with Crippen LogP contribution < -0.4 is 5.32 Å². The fourth-order valence-corrected chi connectivity index (χ4v) is 0.899. The third kappa shape index (κ3) is 3.41. The van der Waals surface area contributed by atoms with Gasteiger partial charge in [-0.1, -0.05) is 0 Å². The summed E-state index contributed by atoms with van der Waals surface area (Å²) in [7, 11) is 0. The number of hydrogen-bond donors (Lipinski definition) is 2. The van der Waals surface area contributed by atoms with Gasteiger partial charge in [0.2, 0.25) is 0 Å². The molecule has 0 aliphatic rings. The highest BCUT2D eigenvalue weighted by Crippen LogP contribution is 2.12. The van der Waals surface area contributed by atoms with Crippen LogP contribution in [0.25, 0.3) is 0 Å². The number of aldehydes is 1. The van der Waals surface area contributed by atoms with Gasteiger partial charge >= 0.3 is 6.09 Å². The summed E-state index contributed by atoms with van der Waals surface area (Å²) in [4.78, 5) is 21.8. The minimum Gasteiger partial charge on any atom is -0.444 e. The Hall–Kier alpha value is -1.85. The van der Waals surface area contributed by atoms with Crippen molar-refractivity contribution in [2.75, 3.05) is 5.32 Å². The first-order valence-corrected chi connectivity index (χ1v) is 4.41. The molecule has 0 spiro atoms. The first-order valence-electron chi connectivity index (χ1n) is 4.41. The normalized spacial score (nSPS) is 10.9. The maximum atomic E-state index is 11.3. The number of hydrogen-bond acceptors (Lipinski definition) is 4. The Bertz CT molecular complexity index is 365. The number of H-pyrrole nitrogens is 1. The van der Waals surface area contributed by atoms with Gasteiger partial charge < -0.3 is 4.74 Å². The Balaban J connectivity index is 2.63. The average Bonchev–Trinajstić information content (AvgIpc) is 2.48. The molecule has 1 rings (SSSR count). The zero-order valence-corrected chi connectivity index (χ0v) is 8.83. The van der Waals surface area contributed by atoms with E-state index in [1.807, 2.05) is 0 Å². The van der Waals surface area contributed by atoms with E-state index in [9.17, 15) is 9.59 Å². The molecule has 82 valence electrons. The highest BCUT2D eigenvalue weighted by Gasteiger charge is 2.17. The molecule has 2 N–H and O–H groups in total. The van der Waals surface area contributed by atoms with Crippen molar-refractivity contribution >= 4 is 18.1 Å². The number of aromatic nitrogens is 2. The lowest BCUT2D eigenvalue weighted by molar-refractivity contribution is 0.0636. The first-order chi connectivity index (χ1) is 6.92. The monoisotopic (exact) mass is 211 g/mol. The molecule has 0 aliphatic heterocycles. The van der Waals surface area contributed by atoms with Crippen LogP contribution in [0.15, 0.2) is 6.20 Å². The lowest BCUT2D eigenvalue weighted by Gasteiger charge is -2.19. The molecule has 0 bridgehead atoms. The van der Waals surface area contributed by atoms with Crippen LogP contribution in [0.4, 0.5) is 10.5 Å². The van der Waals surface area contributed by atoms with E-state index in [1.54, 1.807) is 20.8 Å². The molecule has 0 saturated heterocycles. The maximum Gasteiger partial charge on any atom is 0.412 e. The van der Waals surface area contributed by atoms with E-state index in [0.29, 0.717) is 12.0 Å². The summed E-state index contributed by atoms with van der Waals surface area (Å²) in [6.07, 6.45) is 1.29. The predicted octanol–water partition coefficient (Wildman–Crippen LogP) is 1.57. The third-order valence-corrected chi connectivity index (χ3v) is 1.42. The van der Waals surface area contributed by atoms with Crippen molar-refractivity contribution in [2.24, 2.45) is 0 Å². The van der Waals surface area contributed by atoms with Gasteiger partial charge in [-0.3, -0.25) is 15.2 Å². The number of ether oxygens (including phenoxy) is 1. The van der Waals surface area contributed by atoms with E-state index in [1.165, 1.54) is 6.20 Å². The fraction of sp³-hybridized carbons (Fsp3) is 0.444. The van der Waals surface area contributed by atoms with Gasteiger partial charge in [0.1, 0.15) is 11.3 Å². The van der Waals surface area contributed by atoms with Gasteiger partial charge in [0.15, 0.2) is 6.29 Å². The van der Waals surface area contributed by atoms with Crippen molar-refractivity contribution in [1.29, 1.82) is 0 Å². The summed E-state index contributed by atoms with van der Waals surface area (Å²) in [5.74, 6) is 0. The lowest BCUT2D eigenvalue weighted by atomic mass is 10.2. The Morgan fingerprint density at radius 1 is 1.60 bits per heavy atom. The molecule has 0 aliphatic carbocycles. The van der Waals surface area contributed by atoms with Gasteiger partial charge in [-0.25, -0.2) is 4.79 Å². The number of nitrogens with zero attached hydrogens (tertiary/aromatic N) is 1. The molecular formula is C9H13N3O3. The molecule has 0 radical (unpaired) electrons. The van der Waals surface area contributed by atoms with Crippen LogP contribution in [-0.4, -0.2) is 28.2 Å². The highest BCUT2D eigenvalue weighted by molar-refractivity contribution is 5.91. The van der Waals surface area contributed by atoms with Crippen molar-refractivity contribution in [3.05, 3.63) is 11.9 Å². The summed E-state index contributed by atoms with van der Waals surface area (Å²) in [6, 6.07) is 0. The number of rotatable bonds is 2. The zero-order chi connectivity index (χ0) is 11.5. The van der Waals surface area contributed by atoms with Gasteiger partial charge in [-0.2, -0.15) is 5.10 Å². The molecule has 1 aromatic rings. The topological polar surface area (TPSA) is 84.1 Å². The summed E-state index contributed by atoms with van der Waals surface area (Å²) >= 11 is 0. The quantitative estimate of drug-likeness (QED) is 0.727. The van der Waals surface area contributed by atoms with Crippen molar-refractivity contribution in [3.63, 3.8) is 0 Å². The van der Waals surface area contributed by atoms with Crippen LogP contribution in [0.5, 0.6) is 0 Å². The second kappa shape index (κ2) is 4.12. The lowest BCUT2D eigenvalue weighted by Crippen LogP contribution is -2.27. The molecule has 6 nitrogen and oxygen atoms in total. The molecule has 1 aromatic heterocycles. The standard InChI is InChI=1S/C9H13N3O3/c1-9(2,3)15-8(14)11-6-4-10-12-7(6)5-13/h4-5H,1-3H3,(H,10,12)(H,11,14). The van der Waals surface area contributed by atoms with Crippen LogP contribution in [0.3, 0.4) is 0 Å². The van der Waals surface area contributed by atoms with Gasteiger partial charge in [0, 0.05) is 0 Å². The summed E-state index contributed by atoms with van der Waals surface area (Å²) in [5, 5.41) is 8.46. The van der Waals surface area contributed by atoms with E-state index < -0.39 is 11.7 Å². The van der Waals surface area contributed by atoms with Gasteiger partial charge in [-0.05, 0) is 20.8 Å². The van der Waals surface area contributed by atoms with Crippen LogP contribution in [0.2, 0.25) is 0 Å². The van der Waals surface area contributed by atoms with E-state index in [2.05, 4.69) is 15.5 Å². The van der Waals surface area contributed by atoms with Crippen LogP contribution in [0, 0.1) is 0 Å². The van der Waals surface area contributed by atoms with Gasteiger partial charge in [-0.15, -0.1) is 0 Å². The second-order valence-electron chi connectivity index (χ2n) is 3.94. The smallest absolute Gasteiger partial charge is 0.412 e. The van der Waals surface area contributed by atoms with Crippen molar-refractivity contribution in [1.82, 2.24) is 10.2 Å². The molecule has 0 atom stereocenters. The Morgan fingerprint density at radius 2 is 2.27 bits per heavy atom.